The molecule has 0 fully saturated rings. The minimum Gasteiger partial charge on any atom is -0.310 e. The molecule has 1 unspecified atom stereocenters. The smallest absolute Gasteiger partial charge is 0.0794 e. The number of thiazole rings is 1. The van der Waals surface area contributed by atoms with Gasteiger partial charge in [-0.3, -0.25) is 0 Å². The molecule has 1 aliphatic carbocycles. The zero-order valence-corrected chi connectivity index (χ0v) is 12.4. The molecule has 1 aromatic heterocycles. The summed E-state index contributed by atoms with van der Waals surface area (Å²) in [6.07, 6.45) is 3.42. The minimum absolute atomic E-state index is 0.510. The average Bonchev–Trinajstić information content (AvgIpc) is 2.99. The van der Waals surface area contributed by atoms with Gasteiger partial charge in [0, 0.05) is 28.9 Å². The monoisotopic (exact) mass is 322 g/mol. The van der Waals surface area contributed by atoms with Crippen LogP contribution >= 0.6 is 27.3 Å². The summed E-state index contributed by atoms with van der Waals surface area (Å²) in [5, 5.41) is 5.77. The molecule has 1 N–H and O–H groups in total. The van der Waals surface area contributed by atoms with Crippen molar-refractivity contribution >= 4 is 27.3 Å². The lowest BCUT2D eigenvalue weighted by atomic mass is 10.1. The molecule has 0 radical (unpaired) electrons. The Morgan fingerprint density at radius 2 is 2.39 bits per heavy atom. The van der Waals surface area contributed by atoms with Crippen molar-refractivity contribution in [1.29, 1.82) is 0 Å². The average molecular weight is 323 g/mol. The van der Waals surface area contributed by atoms with Crippen molar-refractivity contribution in [2.24, 2.45) is 0 Å². The molecule has 0 aliphatic heterocycles. The van der Waals surface area contributed by atoms with Gasteiger partial charge in [-0.05, 0) is 36.1 Å². The maximum absolute atomic E-state index is 4.31. The number of benzene rings is 1. The van der Waals surface area contributed by atoms with E-state index in [0.29, 0.717) is 6.04 Å². The molecule has 1 heterocycles. The molecule has 1 aromatic carbocycles. The van der Waals surface area contributed by atoms with E-state index in [1.165, 1.54) is 34.1 Å². The second-order valence-corrected chi connectivity index (χ2v) is 6.25. The van der Waals surface area contributed by atoms with Crippen molar-refractivity contribution in [2.45, 2.75) is 25.3 Å². The second kappa shape index (κ2) is 5.51. The summed E-state index contributed by atoms with van der Waals surface area (Å²) in [4.78, 5) is 4.31. The Morgan fingerprint density at radius 3 is 3.22 bits per heavy atom. The first-order valence-electron chi connectivity index (χ1n) is 6.22. The Kier molecular flexibility index (Phi) is 3.77. The van der Waals surface area contributed by atoms with Crippen LogP contribution in [0.1, 0.15) is 29.3 Å². The van der Waals surface area contributed by atoms with Crippen molar-refractivity contribution in [3.63, 3.8) is 0 Å². The molecule has 94 valence electrons. The van der Waals surface area contributed by atoms with Crippen molar-refractivity contribution < 1.29 is 0 Å². The van der Waals surface area contributed by atoms with Crippen LogP contribution in [0.3, 0.4) is 0 Å². The van der Waals surface area contributed by atoms with Crippen LogP contribution in [0.25, 0.3) is 0 Å². The third-order valence-electron chi connectivity index (χ3n) is 3.44. The van der Waals surface area contributed by atoms with Crippen molar-refractivity contribution in [3.8, 4) is 0 Å². The molecule has 4 heteroatoms. The van der Waals surface area contributed by atoms with Crippen LogP contribution in [0, 0.1) is 0 Å². The standard InChI is InChI=1S/C14H15BrN2S/c15-11-3-1-10-2-4-14(13(10)7-11)16-6-5-12-8-18-9-17-12/h1,3,7-9,14,16H,2,4-6H2. The van der Waals surface area contributed by atoms with Gasteiger partial charge < -0.3 is 5.32 Å². The lowest BCUT2D eigenvalue weighted by molar-refractivity contribution is 0.532. The molecular weight excluding hydrogens is 308 g/mol. The van der Waals surface area contributed by atoms with Crippen LogP contribution in [0.5, 0.6) is 0 Å². The fourth-order valence-electron chi connectivity index (χ4n) is 2.52. The number of aromatic nitrogens is 1. The number of aryl methyl sites for hydroxylation is 1. The first-order valence-corrected chi connectivity index (χ1v) is 7.95. The van der Waals surface area contributed by atoms with E-state index < -0.39 is 0 Å². The number of hydrogen-bond donors (Lipinski definition) is 1. The van der Waals surface area contributed by atoms with Gasteiger partial charge in [0.05, 0.1) is 11.2 Å². The third kappa shape index (κ3) is 2.66. The van der Waals surface area contributed by atoms with Gasteiger partial charge in [0.1, 0.15) is 0 Å². The van der Waals surface area contributed by atoms with Gasteiger partial charge in [-0.25, -0.2) is 4.98 Å². The van der Waals surface area contributed by atoms with Gasteiger partial charge in [-0.1, -0.05) is 22.0 Å². The molecule has 0 saturated carbocycles. The van der Waals surface area contributed by atoms with E-state index in [0.717, 1.165) is 13.0 Å². The number of nitrogens with one attached hydrogen (secondary N) is 1. The lowest BCUT2D eigenvalue weighted by Gasteiger charge is -2.13. The predicted molar refractivity (Wildman–Crippen MR) is 79.0 cm³/mol. The molecule has 1 atom stereocenters. The summed E-state index contributed by atoms with van der Waals surface area (Å²) in [6, 6.07) is 7.14. The highest BCUT2D eigenvalue weighted by Crippen LogP contribution is 2.32. The third-order valence-corrected chi connectivity index (χ3v) is 4.57. The van der Waals surface area contributed by atoms with Gasteiger partial charge >= 0.3 is 0 Å². The van der Waals surface area contributed by atoms with Crippen LogP contribution in [0.4, 0.5) is 0 Å². The summed E-state index contributed by atoms with van der Waals surface area (Å²) >= 11 is 5.22. The second-order valence-electron chi connectivity index (χ2n) is 4.62. The predicted octanol–water partition coefficient (Wildman–Crippen LogP) is 3.73. The summed E-state index contributed by atoms with van der Waals surface area (Å²) in [5.41, 5.74) is 6.05. The Balaban J connectivity index is 1.61. The van der Waals surface area contributed by atoms with Crippen molar-refractivity contribution in [1.82, 2.24) is 10.3 Å². The van der Waals surface area contributed by atoms with E-state index >= 15 is 0 Å². The molecule has 2 nitrogen and oxygen atoms in total. The molecule has 0 amide bonds. The normalized spacial score (nSPS) is 17.9. The highest BCUT2D eigenvalue weighted by molar-refractivity contribution is 9.10. The van der Waals surface area contributed by atoms with E-state index in [1.54, 1.807) is 11.3 Å². The maximum atomic E-state index is 4.31. The zero-order valence-electron chi connectivity index (χ0n) is 10.0. The largest absolute Gasteiger partial charge is 0.310 e. The van der Waals surface area contributed by atoms with Crippen molar-refractivity contribution in [2.75, 3.05) is 6.54 Å². The molecule has 0 spiro atoms. The first kappa shape index (κ1) is 12.3. The number of rotatable bonds is 4. The Hall–Kier alpha value is -0.710. The Morgan fingerprint density at radius 1 is 1.44 bits per heavy atom. The fraction of sp³-hybridized carbons (Fsp3) is 0.357. The highest BCUT2D eigenvalue weighted by Gasteiger charge is 2.21. The molecule has 2 aromatic rings. The van der Waals surface area contributed by atoms with Gasteiger partial charge in [0.25, 0.3) is 0 Å². The van der Waals surface area contributed by atoms with E-state index in [9.17, 15) is 0 Å². The summed E-state index contributed by atoms with van der Waals surface area (Å²) in [5.74, 6) is 0. The fourth-order valence-corrected chi connectivity index (χ4v) is 3.49. The summed E-state index contributed by atoms with van der Waals surface area (Å²) in [6.45, 7) is 1.00. The quantitative estimate of drug-likeness (QED) is 0.927. The lowest BCUT2D eigenvalue weighted by Crippen LogP contribution is -2.22. The minimum atomic E-state index is 0.510. The van der Waals surface area contributed by atoms with Crippen LogP contribution in [0.15, 0.2) is 33.6 Å². The number of hydrogen-bond acceptors (Lipinski definition) is 3. The van der Waals surface area contributed by atoms with E-state index in [1.807, 2.05) is 5.51 Å². The zero-order chi connectivity index (χ0) is 12.4. The SMILES string of the molecule is Brc1ccc2c(c1)C(NCCc1cscn1)CC2. The van der Waals surface area contributed by atoms with Gasteiger partial charge in [0.15, 0.2) is 0 Å². The van der Waals surface area contributed by atoms with Gasteiger partial charge in [0.2, 0.25) is 0 Å². The van der Waals surface area contributed by atoms with Crippen LogP contribution in [0.2, 0.25) is 0 Å². The van der Waals surface area contributed by atoms with Crippen LogP contribution < -0.4 is 5.32 Å². The molecule has 0 saturated heterocycles. The highest BCUT2D eigenvalue weighted by atomic mass is 79.9. The number of halogens is 1. The van der Waals surface area contributed by atoms with Crippen LogP contribution in [-0.2, 0) is 12.8 Å². The van der Waals surface area contributed by atoms with Crippen LogP contribution in [-0.4, -0.2) is 11.5 Å². The Bertz CT molecular complexity index is 525. The molecular formula is C14H15BrN2S. The number of nitrogens with zero attached hydrogens (tertiary/aromatic N) is 1. The van der Waals surface area contributed by atoms with Gasteiger partial charge in [-0.15, -0.1) is 11.3 Å². The summed E-state index contributed by atoms with van der Waals surface area (Å²) < 4.78 is 1.18. The van der Waals surface area contributed by atoms with Gasteiger partial charge in [-0.2, -0.15) is 0 Å². The van der Waals surface area contributed by atoms with E-state index in [4.69, 9.17) is 0 Å². The maximum Gasteiger partial charge on any atom is 0.0794 e. The molecule has 0 bridgehead atoms. The Labute approximate surface area is 120 Å². The first-order chi connectivity index (χ1) is 8.83. The van der Waals surface area contributed by atoms with E-state index in [2.05, 4.69) is 49.8 Å². The molecule has 3 rings (SSSR count). The van der Waals surface area contributed by atoms with E-state index in [-0.39, 0.29) is 0 Å². The summed E-state index contributed by atoms with van der Waals surface area (Å²) in [7, 11) is 0. The van der Waals surface area contributed by atoms with Crippen molar-refractivity contribution in [3.05, 3.63) is 50.4 Å². The topological polar surface area (TPSA) is 24.9 Å². The number of fused-ring (bicyclic) bond motifs is 1. The molecule has 1 aliphatic rings. The molecule has 18 heavy (non-hydrogen) atoms.